The van der Waals surface area contributed by atoms with Crippen molar-refractivity contribution in [1.82, 2.24) is 0 Å². The normalized spacial score (nSPS) is 16.7. The molecule has 0 aliphatic carbocycles. The van der Waals surface area contributed by atoms with Crippen molar-refractivity contribution in [1.29, 1.82) is 0 Å². The SMILES string of the molecule is C[C@H]1Nc2ccccc2N1c1ccc2oc3ccccc3c2c1. The van der Waals surface area contributed by atoms with Crippen LogP contribution in [0.25, 0.3) is 21.9 Å². The summed E-state index contributed by atoms with van der Waals surface area (Å²) in [5.41, 5.74) is 5.44. The summed E-state index contributed by atoms with van der Waals surface area (Å²) in [5.74, 6) is 0. The van der Waals surface area contributed by atoms with Gasteiger partial charge in [-0.05, 0) is 43.3 Å². The average Bonchev–Trinajstić information content (AvgIpc) is 3.11. The molecule has 0 unspecified atom stereocenters. The van der Waals surface area contributed by atoms with Gasteiger partial charge in [-0.3, -0.25) is 0 Å². The number of anilines is 3. The zero-order valence-corrected chi connectivity index (χ0v) is 12.8. The lowest BCUT2D eigenvalue weighted by Crippen LogP contribution is -2.28. The van der Waals surface area contributed by atoms with Crippen LogP contribution in [0.2, 0.25) is 0 Å². The van der Waals surface area contributed by atoms with E-state index in [9.17, 15) is 0 Å². The third-order valence-electron chi connectivity index (χ3n) is 4.55. The van der Waals surface area contributed by atoms with Crippen LogP contribution in [-0.2, 0) is 0 Å². The van der Waals surface area contributed by atoms with Crippen LogP contribution in [-0.4, -0.2) is 6.17 Å². The summed E-state index contributed by atoms with van der Waals surface area (Å²) in [6.45, 7) is 2.18. The van der Waals surface area contributed by atoms with Crippen LogP contribution in [0.5, 0.6) is 0 Å². The Kier molecular flexibility index (Phi) is 2.48. The number of benzene rings is 3. The standard InChI is InChI=1S/C20H16N2O/c1-13-21-17-7-3-4-8-18(17)22(13)14-10-11-20-16(12-14)15-6-2-5-9-19(15)23-20/h2-13,21H,1H3/t13-/m0/s1. The molecule has 1 aromatic heterocycles. The van der Waals surface area contributed by atoms with E-state index in [1.165, 1.54) is 17.1 Å². The highest BCUT2D eigenvalue weighted by Gasteiger charge is 2.26. The maximum Gasteiger partial charge on any atom is 0.135 e. The van der Waals surface area contributed by atoms with Gasteiger partial charge in [0, 0.05) is 16.5 Å². The molecule has 1 atom stereocenters. The van der Waals surface area contributed by atoms with Gasteiger partial charge in [-0.1, -0.05) is 30.3 Å². The van der Waals surface area contributed by atoms with Crippen molar-refractivity contribution in [2.75, 3.05) is 10.2 Å². The van der Waals surface area contributed by atoms with Crippen LogP contribution in [0.4, 0.5) is 17.1 Å². The van der Waals surface area contributed by atoms with E-state index in [0.29, 0.717) is 0 Å². The Balaban J connectivity index is 1.73. The van der Waals surface area contributed by atoms with Crippen LogP contribution in [0.15, 0.2) is 71.1 Å². The van der Waals surface area contributed by atoms with E-state index in [1.54, 1.807) is 0 Å². The molecule has 3 nitrogen and oxygen atoms in total. The lowest BCUT2D eigenvalue weighted by atomic mass is 10.1. The van der Waals surface area contributed by atoms with Crippen molar-refractivity contribution < 1.29 is 4.42 Å². The molecular formula is C20H16N2O. The van der Waals surface area contributed by atoms with Gasteiger partial charge in [0.05, 0.1) is 11.4 Å². The summed E-state index contributed by atoms with van der Waals surface area (Å²) in [7, 11) is 0. The molecule has 0 bridgehead atoms. The molecule has 112 valence electrons. The molecule has 1 aliphatic heterocycles. The minimum atomic E-state index is 0.225. The van der Waals surface area contributed by atoms with Crippen molar-refractivity contribution >= 4 is 39.0 Å². The van der Waals surface area contributed by atoms with Gasteiger partial charge in [0.2, 0.25) is 0 Å². The van der Waals surface area contributed by atoms with E-state index < -0.39 is 0 Å². The number of hydrogen-bond acceptors (Lipinski definition) is 3. The molecule has 0 fully saturated rings. The molecule has 5 rings (SSSR count). The van der Waals surface area contributed by atoms with Crippen LogP contribution < -0.4 is 10.2 Å². The minimum absolute atomic E-state index is 0.225. The monoisotopic (exact) mass is 300 g/mol. The molecule has 0 spiro atoms. The van der Waals surface area contributed by atoms with Gasteiger partial charge in [0.25, 0.3) is 0 Å². The van der Waals surface area contributed by atoms with E-state index in [1.807, 2.05) is 12.1 Å². The summed E-state index contributed by atoms with van der Waals surface area (Å²) in [6, 6.07) is 23.0. The summed E-state index contributed by atoms with van der Waals surface area (Å²) >= 11 is 0. The highest BCUT2D eigenvalue weighted by atomic mass is 16.3. The fourth-order valence-electron chi connectivity index (χ4n) is 3.53. The Morgan fingerprint density at radius 2 is 1.65 bits per heavy atom. The van der Waals surface area contributed by atoms with Gasteiger partial charge in [-0.25, -0.2) is 0 Å². The second kappa shape index (κ2) is 4.53. The van der Waals surface area contributed by atoms with Gasteiger partial charge >= 0.3 is 0 Å². The Hall–Kier alpha value is -2.94. The third-order valence-corrected chi connectivity index (χ3v) is 4.55. The first-order chi connectivity index (χ1) is 11.3. The number of fused-ring (bicyclic) bond motifs is 4. The van der Waals surface area contributed by atoms with Gasteiger partial charge in [-0.2, -0.15) is 0 Å². The van der Waals surface area contributed by atoms with E-state index >= 15 is 0 Å². The molecule has 0 saturated heterocycles. The van der Waals surface area contributed by atoms with Crippen LogP contribution >= 0.6 is 0 Å². The molecule has 1 N–H and O–H groups in total. The largest absolute Gasteiger partial charge is 0.456 e. The molecule has 0 radical (unpaired) electrons. The van der Waals surface area contributed by atoms with E-state index in [4.69, 9.17) is 4.42 Å². The second-order valence-corrected chi connectivity index (χ2v) is 5.99. The third kappa shape index (κ3) is 1.77. The smallest absolute Gasteiger partial charge is 0.135 e. The quantitative estimate of drug-likeness (QED) is 0.503. The molecule has 1 aliphatic rings. The van der Waals surface area contributed by atoms with Gasteiger partial charge in [0.1, 0.15) is 17.3 Å². The highest BCUT2D eigenvalue weighted by molar-refractivity contribution is 6.06. The van der Waals surface area contributed by atoms with Crippen molar-refractivity contribution in [3.63, 3.8) is 0 Å². The maximum atomic E-state index is 5.93. The fraction of sp³-hybridized carbons (Fsp3) is 0.100. The van der Waals surface area contributed by atoms with Crippen LogP contribution in [0, 0.1) is 0 Å². The molecule has 23 heavy (non-hydrogen) atoms. The molecule has 0 saturated carbocycles. The number of nitrogens with zero attached hydrogens (tertiary/aromatic N) is 1. The predicted octanol–water partition coefficient (Wildman–Crippen LogP) is 5.50. The lowest BCUT2D eigenvalue weighted by Gasteiger charge is -2.24. The molecular weight excluding hydrogens is 284 g/mol. The molecule has 0 amide bonds. The van der Waals surface area contributed by atoms with E-state index in [2.05, 4.69) is 71.7 Å². The van der Waals surface area contributed by atoms with Crippen molar-refractivity contribution in [3.8, 4) is 0 Å². The molecule has 4 aromatic rings. The Morgan fingerprint density at radius 1 is 0.870 bits per heavy atom. The number of furan rings is 1. The molecule has 3 aromatic carbocycles. The first-order valence-electron chi connectivity index (χ1n) is 7.87. The van der Waals surface area contributed by atoms with Gasteiger partial charge < -0.3 is 14.6 Å². The first kappa shape index (κ1) is 12.6. The number of nitrogens with one attached hydrogen (secondary N) is 1. The van der Waals surface area contributed by atoms with Gasteiger partial charge in [0.15, 0.2) is 0 Å². The van der Waals surface area contributed by atoms with Crippen molar-refractivity contribution in [2.24, 2.45) is 0 Å². The van der Waals surface area contributed by atoms with Crippen molar-refractivity contribution in [2.45, 2.75) is 13.1 Å². The number of hydrogen-bond donors (Lipinski definition) is 1. The number of rotatable bonds is 1. The zero-order chi connectivity index (χ0) is 15.4. The second-order valence-electron chi connectivity index (χ2n) is 5.99. The van der Waals surface area contributed by atoms with Crippen molar-refractivity contribution in [3.05, 3.63) is 66.7 Å². The Morgan fingerprint density at radius 3 is 2.61 bits per heavy atom. The topological polar surface area (TPSA) is 28.4 Å². The lowest BCUT2D eigenvalue weighted by molar-refractivity contribution is 0.669. The summed E-state index contributed by atoms with van der Waals surface area (Å²) in [4.78, 5) is 2.33. The Labute approximate surface area is 134 Å². The minimum Gasteiger partial charge on any atom is -0.456 e. The van der Waals surface area contributed by atoms with E-state index in [-0.39, 0.29) is 6.17 Å². The van der Waals surface area contributed by atoms with Crippen LogP contribution in [0.3, 0.4) is 0 Å². The highest BCUT2D eigenvalue weighted by Crippen LogP contribution is 2.41. The summed E-state index contributed by atoms with van der Waals surface area (Å²) in [6.07, 6.45) is 0.225. The van der Waals surface area contributed by atoms with E-state index in [0.717, 1.165) is 21.9 Å². The first-order valence-corrected chi connectivity index (χ1v) is 7.87. The molecule has 2 heterocycles. The summed E-state index contributed by atoms with van der Waals surface area (Å²) in [5, 5.41) is 5.85. The summed E-state index contributed by atoms with van der Waals surface area (Å²) < 4.78 is 5.93. The maximum absolute atomic E-state index is 5.93. The molecule has 3 heteroatoms. The average molecular weight is 300 g/mol. The predicted molar refractivity (Wildman–Crippen MR) is 95.4 cm³/mol. The van der Waals surface area contributed by atoms with Crippen LogP contribution in [0.1, 0.15) is 6.92 Å². The Bertz CT molecular complexity index is 1030. The number of para-hydroxylation sites is 3. The fourth-order valence-corrected chi connectivity index (χ4v) is 3.53. The zero-order valence-electron chi connectivity index (χ0n) is 12.8. The van der Waals surface area contributed by atoms with Gasteiger partial charge in [-0.15, -0.1) is 0 Å².